The summed E-state index contributed by atoms with van der Waals surface area (Å²) in [6.45, 7) is 6.19. The zero-order valence-corrected chi connectivity index (χ0v) is 7.33. The minimum atomic E-state index is 0.0360. The van der Waals surface area contributed by atoms with E-state index in [1.54, 1.807) is 0 Å². The Kier molecular flexibility index (Phi) is 2.33. The summed E-state index contributed by atoms with van der Waals surface area (Å²) in [4.78, 5) is 4.29. The monoisotopic (exact) mass is 146 g/mol. The van der Waals surface area contributed by atoms with Crippen LogP contribution in [0, 0.1) is 0 Å². The summed E-state index contributed by atoms with van der Waals surface area (Å²) in [5.41, 5.74) is 1.06. The fourth-order valence-corrected chi connectivity index (χ4v) is 0.892. The second-order valence-electron chi connectivity index (χ2n) is 3.08. The molecule has 0 spiro atoms. The molecular weight excluding hydrogens is 133 g/mol. The van der Waals surface area contributed by atoms with Crippen molar-refractivity contribution in [3.05, 3.63) is 23.9 Å². The lowest BCUT2D eigenvalue weighted by atomic mass is 9.55. The summed E-state index contributed by atoms with van der Waals surface area (Å²) >= 11 is 0. The summed E-state index contributed by atoms with van der Waals surface area (Å²) in [7, 11) is 2.14. The zero-order chi connectivity index (χ0) is 8.32. The van der Waals surface area contributed by atoms with Gasteiger partial charge in [-0.3, -0.25) is 4.99 Å². The van der Waals surface area contributed by atoms with Crippen LogP contribution in [0.1, 0.15) is 13.8 Å². The maximum atomic E-state index is 4.29. The lowest BCUT2D eigenvalue weighted by molar-refractivity contribution is 1.03. The Labute approximate surface area is 69.2 Å². The molecule has 11 heavy (non-hydrogen) atoms. The quantitative estimate of drug-likeness (QED) is 0.504. The molecule has 0 aromatic heterocycles. The third-order valence-corrected chi connectivity index (χ3v) is 1.96. The van der Waals surface area contributed by atoms with Gasteiger partial charge in [0, 0.05) is 11.9 Å². The minimum Gasteiger partial charge on any atom is -0.266 e. The Balaban J connectivity index is 2.86. The third-order valence-electron chi connectivity index (χ3n) is 1.96. The van der Waals surface area contributed by atoms with E-state index in [4.69, 9.17) is 0 Å². The van der Waals surface area contributed by atoms with Gasteiger partial charge in [-0.25, -0.2) is 0 Å². The van der Waals surface area contributed by atoms with Crippen molar-refractivity contribution >= 4 is 13.5 Å². The highest BCUT2D eigenvalue weighted by molar-refractivity contribution is 6.45. The largest absolute Gasteiger partial charge is 0.266 e. The normalized spacial score (nSPS) is 29.5. The first-order valence-corrected chi connectivity index (χ1v) is 3.88. The lowest BCUT2D eigenvalue weighted by Gasteiger charge is -2.15. The molecule has 1 atom stereocenters. The molecule has 1 heterocycles. The lowest BCUT2D eigenvalue weighted by Crippen LogP contribution is -2.12. The van der Waals surface area contributed by atoms with Crippen molar-refractivity contribution in [2.24, 2.45) is 4.99 Å². The average Bonchev–Trinajstić information content (AvgIpc) is 2.15. The van der Waals surface area contributed by atoms with E-state index in [9.17, 15) is 0 Å². The summed E-state index contributed by atoms with van der Waals surface area (Å²) in [6.07, 6.45) is 8.20. The van der Waals surface area contributed by atoms with Crippen molar-refractivity contribution in [3.63, 3.8) is 0 Å². The molecule has 2 heteroatoms. The van der Waals surface area contributed by atoms with E-state index in [2.05, 4.69) is 38.2 Å². The highest BCUT2D eigenvalue weighted by atomic mass is 14.7. The molecule has 1 aliphatic rings. The first-order valence-electron chi connectivity index (χ1n) is 3.88. The molecule has 0 N–H and O–H groups in total. The van der Waals surface area contributed by atoms with Gasteiger partial charge in [0.15, 0.2) is 0 Å². The third kappa shape index (κ3) is 2.07. The molecule has 57 valence electrons. The molecule has 0 saturated carbocycles. The highest BCUT2D eigenvalue weighted by Gasteiger charge is 2.16. The van der Waals surface area contributed by atoms with E-state index in [1.165, 1.54) is 0 Å². The van der Waals surface area contributed by atoms with Gasteiger partial charge in [-0.1, -0.05) is 25.9 Å². The Morgan fingerprint density at radius 3 is 2.91 bits per heavy atom. The summed E-state index contributed by atoms with van der Waals surface area (Å²) < 4.78 is 0. The molecule has 0 bridgehead atoms. The van der Waals surface area contributed by atoms with Gasteiger partial charge in [0.1, 0.15) is 7.28 Å². The molecular formula is C9H13BN. The highest BCUT2D eigenvalue weighted by Crippen LogP contribution is 2.25. The summed E-state index contributed by atoms with van der Waals surface area (Å²) in [6, 6.07) is 0. The van der Waals surface area contributed by atoms with Crippen LogP contribution in [0.25, 0.3) is 0 Å². The molecule has 0 fully saturated rings. The summed E-state index contributed by atoms with van der Waals surface area (Å²) in [5.74, 6) is 0. The van der Waals surface area contributed by atoms with Crippen LogP contribution in [0.2, 0.25) is 12.1 Å². The Morgan fingerprint density at radius 2 is 2.27 bits per heavy atom. The van der Waals surface area contributed by atoms with Crippen molar-refractivity contribution in [1.82, 2.24) is 0 Å². The van der Waals surface area contributed by atoms with E-state index in [0.29, 0.717) is 0 Å². The Morgan fingerprint density at radius 1 is 1.55 bits per heavy atom. The van der Waals surface area contributed by atoms with E-state index in [-0.39, 0.29) is 5.31 Å². The first-order chi connectivity index (χ1) is 5.16. The number of aliphatic imine (C=N–C) groups is 1. The second-order valence-corrected chi connectivity index (χ2v) is 3.08. The molecule has 0 aromatic rings. The van der Waals surface area contributed by atoms with Gasteiger partial charge in [-0.15, -0.1) is 0 Å². The van der Waals surface area contributed by atoms with Gasteiger partial charge in [0.05, 0.1) is 0 Å². The van der Waals surface area contributed by atoms with Gasteiger partial charge in [-0.2, -0.15) is 0 Å². The van der Waals surface area contributed by atoms with Crippen LogP contribution in [0.4, 0.5) is 0 Å². The van der Waals surface area contributed by atoms with Crippen molar-refractivity contribution in [3.8, 4) is 0 Å². The molecule has 0 amide bonds. The Hall–Kier alpha value is -0.785. The van der Waals surface area contributed by atoms with E-state index in [0.717, 1.165) is 5.70 Å². The van der Waals surface area contributed by atoms with Crippen molar-refractivity contribution in [2.45, 2.75) is 26.0 Å². The molecule has 1 nitrogen and oxygen atoms in total. The number of rotatable bonds is 1. The van der Waals surface area contributed by atoms with E-state index < -0.39 is 0 Å². The number of nitrogens with zero attached hydrogens (tertiary/aromatic N) is 1. The minimum absolute atomic E-state index is 0.0360. The van der Waals surface area contributed by atoms with Crippen LogP contribution in [-0.4, -0.2) is 13.5 Å². The van der Waals surface area contributed by atoms with Crippen molar-refractivity contribution in [1.29, 1.82) is 0 Å². The average molecular weight is 146 g/mol. The van der Waals surface area contributed by atoms with Gasteiger partial charge in [0.25, 0.3) is 0 Å². The fourth-order valence-electron chi connectivity index (χ4n) is 0.892. The van der Waals surface area contributed by atoms with E-state index >= 15 is 0 Å². The van der Waals surface area contributed by atoms with Crippen LogP contribution in [0.15, 0.2) is 28.9 Å². The smallest absolute Gasteiger partial charge is 0.126 e. The molecule has 1 unspecified atom stereocenters. The van der Waals surface area contributed by atoms with Crippen LogP contribution in [0.3, 0.4) is 0 Å². The van der Waals surface area contributed by atoms with Gasteiger partial charge in [-0.05, 0) is 18.3 Å². The molecule has 1 rings (SSSR count). The van der Waals surface area contributed by atoms with Gasteiger partial charge >= 0.3 is 0 Å². The topological polar surface area (TPSA) is 12.4 Å². The maximum absolute atomic E-state index is 4.29. The predicted octanol–water partition coefficient (Wildman–Crippen LogP) is 2.46. The van der Waals surface area contributed by atoms with Crippen molar-refractivity contribution in [2.75, 3.05) is 0 Å². The van der Waals surface area contributed by atoms with Crippen molar-refractivity contribution < 1.29 is 0 Å². The maximum Gasteiger partial charge on any atom is 0.126 e. The van der Waals surface area contributed by atoms with Gasteiger partial charge in [0.2, 0.25) is 0 Å². The number of allylic oxidation sites excluding steroid dienone is 4. The number of hydrogen-bond donors (Lipinski definition) is 0. The molecule has 1 aliphatic heterocycles. The number of hydrogen-bond acceptors (Lipinski definition) is 1. The first kappa shape index (κ1) is 8.31. The van der Waals surface area contributed by atoms with Crippen LogP contribution < -0.4 is 0 Å². The molecule has 1 radical (unpaired) electrons. The van der Waals surface area contributed by atoms with E-state index in [1.807, 2.05) is 19.2 Å². The molecule has 0 aromatic carbocycles. The molecule has 0 aliphatic carbocycles. The van der Waals surface area contributed by atoms with Crippen LogP contribution >= 0.6 is 0 Å². The second kappa shape index (κ2) is 3.08. The predicted molar refractivity (Wildman–Crippen MR) is 51.4 cm³/mol. The Bertz CT molecular complexity index is 228. The zero-order valence-electron chi connectivity index (χ0n) is 7.33. The standard InChI is InChI=1S/C9H13BN/c1-8-5-4-6-9(2,10-3)7-11-8/h4-7H,1-3H3. The van der Waals surface area contributed by atoms with Crippen LogP contribution in [-0.2, 0) is 0 Å². The molecule has 0 saturated heterocycles. The van der Waals surface area contributed by atoms with Crippen LogP contribution in [0.5, 0.6) is 0 Å². The van der Waals surface area contributed by atoms with Gasteiger partial charge < -0.3 is 0 Å². The SMILES string of the molecule is C[B]C1(C)C=CC=C(C)N=C1. The fraction of sp³-hybridized carbons (Fsp3) is 0.444. The summed E-state index contributed by atoms with van der Waals surface area (Å²) in [5, 5.41) is 0.0360.